The molecule has 0 bridgehead atoms. The second-order valence-corrected chi connectivity index (χ2v) is 3.79. The third kappa shape index (κ3) is 2.46. The lowest BCUT2D eigenvalue weighted by Gasteiger charge is -2.08. The van der Waals surface area contributed by atoms with Crippen molar-refractivity contribution < 1.29 is 23.6 Å². The van der Waals surface area contributed by atoms with E-state index in [1.54, 1.807) is 12.1 Å². The lowest BCUT2D eigenvalue weighted by molar-refractivity contribution is -0.402. The zero-order valence-electron chi connectivity index (χ0n) is 10.8. The van der Waals surface area contributed by atoms with Crippen LogP contribution in [0.15, 0.2) is 34.7 Å². The number of hydrogen-bond acceptors (Lipinski definition) is 6. The van der Waals surface area contributed by atoms with E-state index in [4.69, 9.17) is 13.9 Å². The van der Waals surface area contributed by atoms with Gasteiger partial charge >= 0.3 is 5.88 Å². The first-order valence-corrected chi connectivity index (χ1v) is 5.57. The van der Waals surface area contributed by atoms with Gasteiger partial charge < -0.3 is 13.9 Å². The first-order valence-electron chi connectivity index (χ1n) is 5.57. The molecule has 0 atom stereocenters. The molecule has 1 heterocycles. The van der Waals surface area contributed by atoms with Crippen LogP contribution in [-0.4, -0.2) is 24.9 Å². The smallest absolute Gasteiger partial charge is 0.433 e. The summed E-state index contributed by atoms with van der Waals surface area (Å²) in [5.74, 6) is -0.350. The molecule has 7 nitrogen and oxygen atoms in total. The van der Waals surface area contributed by atoms with Gasteiger partial charge in [0.1, 0.15) is 16.4 Å². The van der Waals surface area contributed by atoms with Gasteiger partial charge in [-0.1, -0.05) is 0 Å². The Morgan fingerprint density at radius 3 is 2.50 bits per heavy atom. The lowest BCUT2D eigenvalue weighted by atomic mass is 10.1. The van der Waals surface area contributed by atoms with Crippen molar-refractivity contribution in [2.45, 2.75) is 0 Å². The topological polar surface area (TPSA) is 91.8 Å². The Labute approximate surface area is 113 Å². The molecule has 0 aliphatic heterocycles. The van der Waals surface area contributed by atoms with Crippen LogP contribution < -0.4 is 9.47 Å². The number of hydrogen-bond donors (Lipinski definition) is 0. The minimum Gasteiger partial charge on any atom is -0.497 e. The molecule has 0 saturated carbocycles. The fourth-order valence-corrected chi connectivity index (χ4v) is 1.67. The minimum absolute atomic E-state index is 0.136. The van der Waals surface area contributed by atoms with Crippen LogP contribution in [0.25, 0.3) is 0 Å². The number of rotatable bonds is 5. The van der Waals surface area contributed by atoms with Crippen LogP contribution in [0.1, 0.15) is 16.1 Å². The average Bonchev–Trinajstić information content (AvgIpc) is 2.95. The summed E-state index contributed by atoms with van der Waals surface area (Å²) in [6, 6.07) is 7.07. The number of nitrogens with zero attached hydrogens (tertiary/aromatic N) is 1. The molecular weight excluding hydrogens is 266 g/mol. The molecule has 0 fully saturated rings. The molecule has 1 aromatic carbocycles. The van der Waals surface area contributed by atoms with Gasteiger partial charge in [0.15, 0.2) is 5.76 Å². The summed E-state index contributed by atoms with van der Waals surface area (Å²) in [6.07, 6.45) is 0. The third-order valence-corrected chi connectivity index (χ3v) is 2.65. The van der Waals surface area contributed by atoms with E-state index in [0.717, 1.165) is 6.07 Å². The highest BCUT2D eigenvalue weighted by Crippen LogP contribution is 2.27. The molecule has 0 spiro atoms. The van der Waals surface area contributed by atoms with Crippen LogP contribution in [0, 0.1) is 10.1 Å². The molecule has 0 aliphatic rings. The van der Waals surface area contributed by atoms with Crippen LogP contribution >= 0.6 is 0 Å². The standard InChI is InChI=1S/C13H11NO6/c1-18-8-3-4-10(19-2)9(7-8)13(15)11-5-6-12(20-11)14(16)17/h3-7H,1-2H3. The summed E-state index contributed by atoms with van der Waals surface area (Å²) in [5, 5.41) is 10.6. The van der Waals surface area contributed by atoms with E-state index in [2.05, 4.69) is 0 Å². The van der Waals surface area contributed by atoms with Crippen molar-refractivity contribution in [1.29, 1.82) is 0 Å². The maximum Gasteiger partial charge on any atom is 0.433 e. The Morgan fingerprint density at radius 2 is 1.95 bits per heavy atom. The van der Waals surface area contributed by atoms with Crippen molar-refractivity contribution >= 4 is 11.7 Å². The first-order chi connectivity index (χ1) is 9.56. The molecular formula is C13H11NO6. The van der Waals surface area contributed by atoms with E-state index in [0.29, 0.717) is 11.5 Å². The minimum atomic E-state index is -0.709. The second kappa shape index (κ2) is 5.43. The highest BCUT2D eigenvalue weighted by Gasteiger charge is 2.22. The van der Waals surface area contributed by atoms with E-state index in [1.807, 2.05) is 0 Å². The fourth-order valence-electron chi connectivity index (χ4n) is 1.67. The Kier molecular flexibility index (Phi) is 3.69. The van der Waals surface area contributed by atoms with Crippen LogP contribution in [0.2, 0.25) is 0 Å². The van der Waals surface area contributed by atoms with Crippen LogP contribution in [0.5, 0.6) is 11.5 Å². The average molecular weight is 277 g/mol. The van der Waals surface area contributed by atoms with Crippen molar-refractivity contribution in [3.63, 3.8) is 0 Å². The summed E-state index contributed by atoms with van der Waals surface area (Å²) >= 11 is 0. The molecule has 0 radical (unpaired) electrons. The fraction of sp³-hybridized carbons (Fsp3) is 0.154. The summed E-state index contributed by atoms with van der Waals surface area (Å²) in [5.41, 5.74) is 0.205. The van der Waals surface area contributed by atoms with Crippen LogP contribution in [-0.2, 0) is 0 Å². The Morgan fingerprint density at radius 1 is 1.20 bits per heavy atom. The largest absolute Gasteiger partial charge is 0.497 e. The van der Waals surface area contributed by atoms with Crippen molar-refractivity contribution in [2.24, 2.45) is 0 Å². The number of ether oxygens (including phenoxy) is 2. The molecule has 7 heteroatoms. The van der Waals surface area contributed by atoms with Crippen LogP contribution in [0.4, 0.5) is 5.88 Å². The van der Waals surface area contributed by atoms with Crippen molar-refractivity contribution in [2.75, 3.05) is 14.2 Å². The summed E-state index contributed by atoms with van der Waals surface area (Å²) in [7, 11) is 2.89. The van der Waals surface area contributed by atoms with Gasteiger partial charge in [0.2, 0.25) is 5.78 Å². The van der Waals surface area contributed by atoms with Crippen molar-refractivity contribution in [1.82, 2.24) is 0 Å². The number of furan rings is 1. The maximum absolute atomic E-state index is 12.3. The van der Waals surface area contributed by atoms with E-state index in [1.165, 1.54) is 26.4 Å². The van der Waals surface area contributed by atoms with Crippen LogP contribution in [0.3, 0.4) is 0 Å². The Balaban J connectivity index is 2.43. The van der Waals surface area contributed by atoms with Gasteiger partial charge in [-0.05, 0) is 24.3 Å². The van der Waals surface area contributed by atoms with E-state index < -0.39 is 16.6 Å². The number of carbonyl (C=O) groups excluding carboxylic acids is 1. The normalized spacial score (nSPS) is 10.1. The summed E-state index contributed by atoms with van der Waals surface area (Å²) in [6.45, 7) is 0. The lowest BCUT2D eigenvalue weighted by Crippen LogP contribution is -2.03. The van der Waals surface area contributed by atoms with Crippen molar-refractivity contribution in [3.8, 4) is 11.5 Å². The van der Waals surface area contributed by atoms with Gasteiger partial charge in [0.25, 0.3) is 0 Å². The van der Waals surface area contributed by atoms with E-state index >= 15 is 0 Å². The highest BCUT2D eigenvalue weighted by molar-refractivity contribution is 6.09. The highest BCUT2D eigenvalue weighted by atomic mass is 16.6. The molecule has 0 N–H and O–H groups in total. The van der Waals surface area contributed by atoms with Gasteiger partial charge in [0.05, 0.1) is 25.8 Å². The number of benzene rings is 1. The van der Waals surface area contributed by atoms with Gasteiger partial charge in [-0.25, -0.2) is 0 Å². The maximum atomic E-state index is 12.3. The van der Waals surface area contributed by atoms with Gasteiger partial charge in [-0.2, -0.15) is 0 Å². The molecule has 0 unspecified atom stereocenters. The quantitative estimate of drug-likeness (QED) is 0.473. The second-order valence-electron chi connectivity index (χ2n) is 3.79. The zero-order valence-corrected chi connectivity index (χ0v) is 10.8. The first kappa shape index (κ1) is 13.6. The number of carbonyl (C=O) groups is 1. The molecule has 1 aromatic heterocycles. The predicted molar refractivity (Wildman–Crippen MR) is 68.3 cm³/mol. The number of methoxy groups -OCH3 is 2. The monoisotopic (exact) mass is 277 g/mol. The zero-order chi connectivity index (χ0) is 14.7. The number of ketones is 1. The van der Waals surface area contributed by atoms with E-state index in [9.17, 15) is 14.9 Å². The van der Waals surface area contributed by atoms with Gasteiger partial charge in [-0.15, -0.1) is 0 Å². The van der Waals surface area contributed by atoms with Gasteiger partial charge in [0, 0.05) is 0 Å². The third-order valence-electron chi connectivity index (χ3n) is 2.65. The Hall–Kier alpha value is -2.83. The molecule has 20 heavy (non-hydrogen) atoms. The Bertz CT molecular complexity index is 661. The molecule has 0 saturated heterocycles. The summed E-state index contributed by atoms with van der Waals surface area (Å²) < 4.78 is 15.0. The number of nitro groups is 1. The molecule has 104 valence electrons. The van der Waals surface area contributed by atoms with E-state index in [-0.39, 0.29) is 11.3 Å². The van der Waals surface area contributed by atoms with Crippen molar-refractivity contribution in [3.05, 3.63) is 51.8 Å². The molecule has 2 rings (SSSR count). The molecule has 0 amide bonds. The molecule has 2 aromatic rings. The SMILES string of the molecule is COc1ccc(OC)c(C(=O)c2ccc([N+](=O)[O-])o2)c1. The predicted octanol–water partition coefficient (Wildman–Crippen LogP) is 2.44. The molecule has 0 aliphatic carbocycles. The summed E-state index contributed by atoms with van der Waals surface area (Å²) in [4.78, 5) is 22.1. The van der Waals surface area contributed by atoms with Gasteiger partial charge in [-0.3, -0.25) is 14.9 Å².